The third-order valence-corrected chi connectivity index (χ3v) is 2.00. The molecule has 0 N–H and O–H groups in total. The van der Waals surface area contributed by atoms with Gasteiger partial charge in [-0.1, -0.05) is 18.2 Å². The van der Waals surface area contributed by atoms with Crippen LogP contribution >= 0.6 is 0 Å². The summed E-state index contributed by atoms with van der Waals surface area (Å²) in [4.78, 5) is 0. The Bertz CT molecular complexity index is 504. The molecule has 15 heavy (non-hydrogen) atoms. The van der Waals surface area contributed by atoms with E-state index in [1.54, 1.807) is 12.3 Å². The fraction of sp³-hybridized carbons (Fsp3) is 0. The topological polar surface area (TPSA) is 36.9 Å². The van der Waals surface area contributed by atoms with Gasteiger partial charge in [-0.3, -0.25) is 0 Å². The van der Waals surface area contributed by atoms with Crippen LogP contribution in [-0.2, 0) is 0 Å². The van der Waals surface area contributed by atoms with Crippen LogP contribution in [0.5, 0.6) is 0 Å². The smallest absolute Gasteiger partial charge is 0.126 e. The molecule has 0 fully saturated rings. The van der Waals surface area contributed by atoms with Crippen molar-refractivity contribution in [2.24, 2.45) is 0 Å². The first-order chi connectivity index (χ1) is 7.38. The van der Waals surface area contributed by atoms with E-state index in [0.717, 1.165) is 11.3 Å². The van der Waals surface area contributed by atoms with Gasteiger partial charge in [0, 0.05) is 0 Å². The molecule has 0 aliphatic rings. The summed E-state index contributed by atoms with van der Waals surface area (Å²) in [6.07, 6.45) is 5.42. The zero-order valence-electron chi connectivity index (χ0n) is 8.05. The van der Waals surface area contributed by atoms with Crippen LogP contribution in [0.3, 0.4) is 0 Å². The van der Waals surface area contributed by atoms with E-state index in [2.05, 4.69) is 6.07 Å². The van der Waals surface area contributed by atoms with Gasteiger partial charge in [0.2, 0.25) is 0 Å². The van der Waals surface area contributed by atoms with Crippen molar-refractivity contribution in [2.75, 3.05) is 0 Å². The summed E-state index contributed by atoms with van der Waals surface area (Å²) in [7, 11) is 0. The van der Waals surface area contributed by atoms with E-state index in [9.17, 15) is 0 Å². The Morgan fingerprint density at radius 2 is 2.07 bits per heavy atom. The number of nitrogens with zero attached hydrogens (tertiary/aromatic N) is 1. The number of benzene rings is 1. The molecular weight excluding hydrogens is 186 g/mol. The lowest BCUT2D eigenvalue weighted by Gasteiger charge is -1.92. The van der Waals surface area contributed by atoms with Crippen molar-refractivity contribution in [1.82, 2.24) is 0 Å². The molecule has 1 heterocycles. The molecule has 0 saturated carbocycles. The van der Waals surface area contributed by atoms with Crippen LogP contribution in [-0.4, -0.2) is 0 Å². The van der Waals surface area contributed by atoms with Crippen molar-refractivity contribution in [3.8, 4) is 6.07 Å². The Labute approximate surface area is 88.1 Å². The van der Waals surface area contributed by atoms with Gasteiger partial charge >= 0.3 is 0 Å². The van der Waals surface area contributed by atoms with Crippen molar-refractivity contribution >= 4 is 12.2 Å². The van der Waals surface area contributed by atoms with Crippen molar-refractivity contribution < 1.29 is 4.42 Å². The minimum Gasteiger partial charge on any atom is -0.465 e. The molecule has 1 aromatic carbocycles. The Kier molecular flexibility index (Phi) is 2.66. The van der Waals surface area contributed by atoms with Crippen molar-refractivity contribution in [3.05, 3.63) is 59.5 Å². The number of furan rings is 1. The highest BCUT2D eigenvalue weighted by atomic mass is 16.3. The number of hydrogen-bond acceptors (Lipinski definition) is 2. The van der Waals surface area contributed by atoms with Crippen molar-refractivity contribution in [2.45, 2.75) is 0 Å². The van der Waals surface area contributed by atoms with Crippen molar-refractivity contribution in [3.63, 3.8) is 0 Å². The monoisotopic (exact) mass is 195 g/mol. The standard InChI is InChI=1S/C13H9NO/c14-10-12-4-1-3-11(9-12)6-7-13-5-2-8-15-13/h1-9H/b7-6+. The van der Waals surface area contributed by atoms with E-state index in [1.165, 1.54) is 0 Å². The van der Waals surface area contributed by atoms with E-state index < -0.39 is 0 Å². The molecule has 0 bridgehead atoms. The van der Waals surface area contributed by atoms with Gasteiger partial charge in [-0.05, 0) is 35.9 Å². The van der Waals surface area contributed by atoms with Crippen LogP contribution in [0.25, 0.3) is 12.2 Å². The molecule has 0 aliphatic heterocycles. The van der Waals surface area contributed by atoms with Gasteiger partial charge in [0.25, 0.3) is 0 Å². The molecule has 2 heteroatoms. The maximum Gasteiger partial charge on any atom is 0.126 e. The number of rotatable bonds is 2. The predicted octanol–water partition coefficient (Wildman–Crippen LogP) is 3.32. The molecule has 2 aromatic rings. The second kappa shape index (κ2) is 4.30. The summed E-state index contributed by atoms with van der Waals surface area (Å²) < 4.78 is 5.16. The van der Waals surface area contributed by atoms with Gasteiger partial charge in [0.15, 0.2) is 0 Å². The largest absolute Gasteiger partial charge is 0.465 e. The summed E-state index contributed by atoms with van der Waals surface area (Å²) in [5, 5.41) is 8.72. The molecule has 0 spiro atoms. The molecule has 0 aliphatic carbocycles. The summed E-state index contributed by atoms with van der Waals surface area (Å²) in [5.41, 5.74) is 1.65. The average molecular weight is 195 g/mol. The Hall–Kier alpha value is -2.27. The van der Waals surface area contributed by atoms with Gasteiger partial charge in [-0.25, -0.2) is 0 Å². The first-order valence-electron chi connectivity index (χ1n) is 4.60. The van der Waals surface area contributed by atoms with Crippen LogP contribution in [0.4, 0.5) is 0 Å². The minimum atomic E-state index is 0.664. The van der Waals surface area contributed by atoms with Crippen LogP contribution < -0.4 is 0 Å². The molecule has 2 nitrogen and oxygen atoms in total. The first-order valence-corrected chi connectivity index (χ1v) is 4.60. The van der Waals surface area contributed by atoms with Gasteiger partial charge in [0.1, 0.15) is 5.76 Å². The maximum atomic E-state index is 8.72. The van der Waals surface area contributed by atoms with E-state index in [1.807, 2.05) is 42.5 Å². The molecule has 2 rings (SSSR count). The van der Waals surface area contributed by atoms with Crippen LogP contribution in [0, 0.1) is 11.3 Å². The highest BCUT2D eigenvalue weighted by molar-refractivity contribution is 5.67. The van der Waals surface area contributed by atoms with Crippen LogP contribution in [0.15, 0.2) is 47.1 Å². The summed E-state index contributed by atoms with van der Waals surface area (Å²) in [5.74, 6) is 0.803. The predicted molar refractivity (Wildman–Crippen MR) is 58.8 cm³/mol. The molecular formula is C13H9NO. The third-order valence-electron chi connectivity index (χ3n) is 2.00. The summed E-state index contributed by atoms with van der Waals surface area (Å²) in [6, 6.07) is 13.2. The molecule has 0 atom stereocenters. The van der Waals surface area contributed by atoms with E-state index >= 15 is 0 Å². The third kappa shape index (κ3) is 2.35. The van der Waals surface area contributed by atoms with E-state index in [-0.39, 0.29) is 0 Å². The lowest BCUT2D eigenvalue weighted by Crippen LogP contribution is -1.75. The van der Waals surface area contributed by atoms with E-state index in [4.69, 9.17) is 9.68 Å². The average Bonchev–Trinajstić information content (AvgIpc) is 2.79. The Morgan fingerprint density at radius 1 is 1.13 bits per heavy atom. The van der Waals surface area contributed by atoms with Gasteiger partial charge in [0.05, 0.1) is 17.9 Å². The zero-order chi connectivity index (χ0) is 10.5. The minimum absolute atomic E-state index is 0.664. The summed E-state index contributed by atoms with van der Waals surface area (Å²) in [6.45, 7) is 0. The highest BCUT2D eigenvalue weighted by Gasteiger charge is 1.91. The SMILES string of the molecule is N#Cc1cccc(/C=C/c2ccco2)c1. The van der Waals surface area contributed by atoms with Gasteiger partial charge < -0.3 is 4.42 Å². The van der Waals surface area contributed by atoms with Gasteiger partial charge in [-0.2, -0.15) is 5.26 Å². The first kappa shape index (κ1) is 9.29. The zero-order valence-corrected chi connectivity index (χ0v) is 8.05. The molecule has 0 saturated heterocycles. The number of hydrogen-bond donors (Lipinski definition) is 0. The fourth-order valence-corrected chi connectivity index (χ4v) is 1.28. The Morgan fingerprint density at radius 3 is 2.80 bits per heavy atom. The fourth-order valence-electron chi connectivity index (χ4n) is 1.28. The van der Waals surface area contributed by atoms with Crippen LogP contribution in [0.2, 0.25) is 0 Å². The number of nitriles is 1. The van der Waals surface area contributed by atoms with Gasteiger partial charge in [-0.15, -0.1) is 0 Å². The molecule has 0 unspecified atom stereocenters. The molecule has 0 radical (unpaired) electrons. The Balaban J connectivity index is 2.21. The molecule has 1 aromatic heterocycles. The molecule has 72 valence electrons. The normalized spacial score (nSPS) is 10.3. The second-order valence-electron chi connectivity index (χ2n) is 3.09. The quantitative estimate of drug-likeness (QED) is 0.737. The van der Waals surface area contributed by atoms with E-state index in [0.29, 0.717) is 5.56 Å². The maximum absolute atomic E-state index is 8.72. The highest BCUT2D eigenvalue weighted by Crippen LogP contribution is 2.10. The lowest BCUT2D eigenvalue weighted by atomic mass is 10.1. The second-order valence-corrected chi connectivity index (χ2v) is 3.09. The molecule has 0 amide bonds. The van der Waals surface area contributed by atoms with Crippen molar-refractivity contribution in [1.29, 1.82) is 5.26 Å². The lowest BCUT2D eigenvalue weighted by molar-refractivity contribution is 0.557. The van der Waals surface area contributed by atoms with Crippen LogP contribution in [0.1, 0.15) is 16.9 Å². The summed E-state index contributed by atoms with van der Waals surface area (Å²) >= 11 is 0.